The summed E-state index contributed by atoms with van der Waals surface area (Å²) in [5.74, 6) is 0. The molecule has 0 saturated carbocycles. The molecule has 78 valence electrons. The molecule has 0 aromatic heterocycles. The fourth-order valence-electron chi connectivity index (χ4n) is 2.37. The Morgan fingerprint density at radius 2 is 1.85 bits per heavy atom. The monoisotopic (exact) mass is 186 g/mol. The molecule has 0 radical (unpaired) electrons. The zero-order valence-corrected chi connectivity index (χ0v) is 9.22. The maximum atomic E-state index is 5.35. The quantitative estimate of drug-likeness (QED) is 0.599. The van der Waals surface area contributed by atoms with Crippen molar-refractivity contribution in [2.75, 3.05) is 33.5 Å². The second-order valence-electron chi connectivity index (χ2n) is 4.34. The van der Waals surface area contributed by atoms with E-state index >= 15 is 0 Å². The zero-order chi connectivity index (χ0) is 9.57. The molecule has 0 aromatic rings. The molecule has 1 saturated heterocycles. The Morgan fingerprint density at radius 3 is 2.38 bits per heavy atom. The van der Waals surface area contributed by atoms with Gasteiger partial charge in [0, 0.05) is 7.11 Å². The first-order chi connectivity index (χ1) is 6.33. The average molecular weight is 186 g/mol. The number of nitrogens with zero attached hydrogens (tertiary/aromatic N) is 1. The highest BCUT2D eigenvalue weighted by atomic mass is 16.5. The van der Waals surface area contributed by atoms with Crippen LogP contribution >= 0.6 is 0 Å². The lowest BCUT2D eigenvalue weighted by atomic mass is 10.1. The number of likely N-dealkylation sites (tertiary alicyclic amines) is 1. The molecular formula is C11H24NO+. The largest absolute Gasteiger partial charge is 0.335 e. The SMILES string of the molecule is CCCC[N+]1(COC)CCCCC1. The maximum Gasteiger partial charge on any atom is 0.182 e. The van der Waals surface area contributed by atoms with Crippen LogP contribution in [-0.4, -0.2) is 38.0 Å². The fraction of sp³-hybridized carbons (Fsp3) is 1.00. The Hall–Kier alpha value is -0.0800. The average Bonchev–Trinajstić information content (AvgIpc) is 2.17. The predicted octanol–water partition coefficient (Wildman–Crippen LogP) is 2.39. The van der Waals surface area contributed by atoms with E-state index in [1.54, 1.807) is 0 Å². The van der Waals surface area contributed by atoms with Crippen molar-refractivity contribution in [2.24, 2.45) is 0 Å². The van der Waals surface area contributed by atoms with Gasteiger partial charge in [-0.25, -0.2) is 0 Å². The molecule has 0 atom stereocenters. The number of piperidine rings is 1. The van der Waals surface area contributed by atoms with E-state index in [0.717, 1.165) is 6.73 Å². The molecule has 2 heteroatoms. The summed E-state index contributed by atoms with van der Waals surface area (Å²) in [6.07, 6.45) is 6.88. The number of methoxy groups -OCH3 is 1. The first-order valence-electron chi connectivity index (χ1n) is 5.67. The first kappa shape index (κ1) is 11.0. The van der Waals surface area contributed by atoms with Crippen molar-refractivity contribution in [2.45, 2.75) is 39.0 Å². The Bertz CT molecular complexity index is 125. The van der Waals surface area contributed by atoms with Gasteiger partial charge in [-0.05, 0) is 25.7 Å². The summed E-state index contributed by atoms with van der Waals surface area (Å²) in [4.78, 5) is 0. The number of unbranched alkanes of at least 4 members (excludes halogenated alkanes) is 1. The van der Waals surface area contributed by atoms with Crippen molar-refractivity contribution in [1.29, 1.82) is 0 Å². The molecule has 1 rings (SSSR count). The summed E-state index contributed by atoms with van der Waals surface area (Å²) in [7, 11) is 1.83. The number of ether oxygens (including phenoxy) is 1. The minimum absolute atomic E-state index is 0.931. The second kappa shape index (κ2) is 5.61. The fourth-order valence-corrected chi connectivity index (χ4v) is 2.37. The number of hydrogen-bond acceptors (Lipinski definition) is 1. The van der Waals surface area contributed by atoms with Gasteiger partial charge >= 0.3 is 0 Å². The van der Waals surface area contributed by atoms with Crippen molar-refractivity contribution >= 4 is 0 Å². The van der Waals surface area contributed by atoms with Crippen molar-refractivity contribution in [3.05, 3.63) is 0 Å². The van der Waals surface area contributed by atoms with Crippen LogP contribution in [0.5, 0.6) is 0 Å². The van der Waals surface area contributed by atoms with E-state index in [0.29, 0.717) is 0 Å². The minimum Gasteiger partial charge on any atom is -0.335 e. The van der Waals surface area contributed by atoms with Crippen LogP contribution in [0, 0.1) is 0 Å². The third-order valence-corrected chi connectivity index (χ3v) is 3.15. The van der Waals surface area contributed by atoms with Gasteiger partial charge in [0.05, 0.1) is 19.6 Å². The Labute approximate surface area is 82.5 Å². The Morgan fingerprint density at radius 1 is 1.15 bits per heavy atom. The molecule has 13 heavy (non-hydrogen) atoms. The molecular weight excluding hydrogens is 162 g/mol. The lowest BCUT2D eigenvalue weighted by Crippen LogP contribution is -2.53. The van der Waals surface area contributed by atoms with Gasteiger partial charge in [0.15, 0.2) is 6.73 Å². The lowest BCUT2D eigenvalue weighted by Gasteiger charge is -2.40. The summed E-state index contributed by atoms with van der Waals surface area (Å²) >= 11 is 0. The van der Waals surface area contributed by atoms with E-state index in [1.807, 2.05) is 7.11 Å². The van der Waals surface area contributed by atoms with Gasteiger partial charge < -0.3 is 9.22 Å². The van der Waals surface area contributed by atoms with Crippen LogP contribution in [0.4, 0.5) is 0 Å². The van der Waals surface area contributed by atoms with E-state index in [2.05, 4.69) is 6.92 Å². The van der Waals surface area contributed by atoms with Crippen LogP contribution < -0.4 is 0 Å². The smallest absolute Gasteiger partial charge is 0.182 e. The summed E-state index contributed by atoms with van der Waals surface area (Å²) in [6.45, 7) is 7.21. The van der Waals surface area contributed by atoms with Gasteiger partial charge in [0.2, 0.25) is 0 Å². The van der Waals surface area contributed by atoms with Crippen LogP contribution in [0.25, 0.3) is 0 Å². The van der Waals surface area contributed by atoms with E-state index in [1.165, 1.54) is 56.2 Å². The van der Waals surface area contributed by atoms with Gasteiger partial charge in [0.25, 0.3) is 0 Å². The molecule has 0 aliphatic carbocycles. The van der Waals surface area contributed by atoms with Crippen molar-refractivity contribution in [3.8, 4) is 0 Å². The molecule has 0 spiro atoms. The first-order valence-corrected chi connectivity index (χ1v) is 5.67. The van der Waals surface area contributed by atoms with Crippen molar-refractivity contribution in [1.82, 2.24) is 0 Å². The van der Waals surface area contributed by atoms with E-state index < -0.39 is 0 Å². The third kappa shape index (κ3) is 3.28. The molecule has 1 fully saturated rings. The van der Waals surface area contributed by atoms with Crippen LogP contribution in [0.2, 0.25) is 0 Å². The van der Waals surface area contributed by atoms with Gasteiger partial charge in [-0.15, -0.1) is 0 Å². The topological polar surface area (TPSA) is 9.23 Å². The van der Waals surface area contributed by atoms with Crippen LogP contribution in [-0.2, 0) is 4.74 Å². The zero-order valence-electron chi connectivity index (χ0n) is 9.22. The van der Waals surface area contributed by atoms with Gasteiger partial charge in [0.1, 0.15) is 0 Å². The van der Waals surface area contributed by atoms with E-state index in [-0.39, 0.29) is 0 Å². The molecule has 1 aliphatic heterocycles. The Balaban J connectivity index is 2.40. The van der Waals surface area contributed by atoms with Crippen LogP contribution in [0.3, 0.4) is 0 Å². The predicted molar refractivity (Wildman–Crippen MR) is 55.5 cm³/mol. The van der Waals surface area contributed by atoms with E-state index in [4.69, 9.17) is 4.74 Å². The molecule has 2 nitrogen and oxygen atoms in total. The molecule has 1 heterocycles. The second-order valence-corrected chi connectivity index (χ2v) is 4.34. The summed E-state index contributed by atoms with van der Waals surface area (Å²) < 4.78 is 6.58. The van der Waals surface area contributed by atoms with Crippen molar-refractivity contribution < 1.29 is 9.22 Å². The number of quaternary nitrogens is 1. The molecule has 0 aromatic carbocycles. The molecule has 0 N–H and O–H groups in total. The number of hydrogen-bond donors (Lipinski definition) is 0. The maximum absolute atomic E-state index is 5.35. The summed E-state index contributed by atoms with van der Waals surface area (Å²) in [6, 6.07) is 0. The molecule has 0 amide bonds. The van der Waals surface area contributed by atoms with Crippen LogP contribution in [0.15, 0.2) is 0 Å². The lowest BCUT2D eigenvalue weighted by molar-refractivity contribution is -0.949. The highest BCUT2D eigenvalue weighted by Gasteiger charge is 2.28. The summed E-state index contributed by atoms with van der Waals surface area (Å²) in [5.41, 5.74) is 0. The summed E-state index contributed by atoms with van der Waals surface area (Å²) in [5, 5.41) is 0. The highest BCUT2D eigenvalue weighted by Crippen LogP contribution is 2.19. The normalized spacial score (nSPS) is 21.7. The highest BCUT2D eigenvalue weighted by molar-refractivity contribution is 4.52. The van der Waals surface area contributed by atoms with Crippen molar-refractivity contribution in [3.63, 3.8) is 0 Å². The number of rotatable bonds is 5. The van der Waals surface area contributed by atoms with Crippen LogP contribution in [0.1, 0.15) is 39.0 Å². The van der Waals surface area contributed by atoms with E-state index in [9.17, 15) is 0 Å². The minimum atomic E-state index is 0.931. The standard InChI is InChI=1S/C11H24NO/c1-3-4-8-12(11-13-2)9-6-5-7-10-12/h3-11H2,1-2H3/q+1. The van der Waals surface area contributed by atoms with Gasteiger partial charge in [-0.3, -0.25) is 0 Å². The van der Waals surface area contributed by atoms with Gasteiger partial charge in [-0.1, -0.05) is 13.3 Å². The molecule has 1 aliphatic rings. The third-order valence-electron chi connectivity index (χ3n) is 3.15. The van der Waals surface area contributed by atoms with Gasteiger partial charge in [-0.2, -0.15) is 0 Å². The molecule has 0 bridgehead atoms. The molecule has 0 unspecified atom stereocenters. The Kier molecular flexibility index (Phi) is 4.74.